The standard InChI is InChI=1S/C18H21NOSe/c1-21-17-13-6-5-12-16(17)18(20)19-14-8-7-11-15-9-3-2-4-10-15/h2-6,9-10,12-13H,7-8,11,14H2,1H3,(H,19,20). The molecule has 1 amide bonds. The zero-order valence-electron chi connectivity index (χ0n) is 12.3. The molecule has 0 saturated heterocycles. The van der Waals surface area contributed by atoms with E-state index in [0.717, 1.165) is 31.4 Å². The van der Waals surface area contributed by atoms with E-state index in [9.17, 15) is 4.79 Å². The molecular formula is C18H21NOSe. The molecule has 2 aromatic rings. The summed E-state index contributed by atoms with van der Waals surface area (Å²) in [6.07, 6.45) is 3.19. The molecule has 2 nitrogen and oxygen atoms in total. The number of benzene rings is 2. The Hall–Kier alpha value is -1.57. The van der Waals surface area contributed by atoms with Gasteiger partial charge in [-0.3, -0.25) is 0 Å². The number of carbonyl (C=O) groups excluding carboxylic acids is 1. The van der Waals surface area contributed by atoms with E-state index in [-0.39, 0.29) is 5.91 Å². The van der Waals surface area contributed by atoms with Crippen LogP contribution in [0.1, 0.15) is 28.8 Å². The molecule has 0 saturated carbocycles. The molecule has 0 spiro atoms. The molecule has 0 heterocycles. The van der Waals surface area contributed by atoms with Gasteiger partial charge in [-0.1, -0.05) is 0 Å². The van der Waals surface area contributed by atoms with Gasteiger partial charge in [-0.05, 0) is 0 Å². The molecule has 0 aliphatic carbocycles. The van der Waals surface area contributed by atoms with E-state index in [2.05, 4.69) is 35.4 Å². The Morgan fingerprint density at radius 2 is 1.71 bits per heavy atom. The molecule has 2 rings (SSSR count). The maximum atomic E-state index is 12.2. The van der Waals surface area contributed by atoms with Crippen molar-refractivity contribution in [2.75, 3.05) is 6.54 Å². The fourth-order valence-electron chi connectivity index (χ4n) is 2.23. The Balaban J connectivity index is 1.72. The summed E-state index contributed by atoms with van der Waals surface area (Å²) in [5, 5.41) is 3.03. The average Bonchev–Trinajstić information content (AvgIpc) is 2.55. The molecule has 1 N–H and O–H groups in total. The van der Waals surface area contributed by atoms with Crippen molar-refractivity contribution in [2.24, 2.45) is 0 Å². The third-order valence-electron chi connectivity index (χ3n) is 3.37. The van der Waals surface area contributed by atoms with Crippen LogP contribution < -0.4 is 9.78 Å². The van der Waals surface area contributed by atoms with Crippen LogP contribution in [0.2, 0.25) is 5.82 Å². The first-order valence-electron chi connectivity index (χ1n) is 7.26. The Bertz CT molecular complexity index is 568. The molecule has 2 aromatic carbocycles. The second-order valence-corrected chi connectivity index (χ2v) is 6.68. The maximum absolute atomic E-state index is 12.2. The summed E-state index contributed by atoms with van der Waals surface area (Å²) in [6, 6.07) is 18.4. The summed E-state index contributed by atoms with van der Waals surface area (Å²) in [5.41, 5.74) is 2.20. The van der Waals surface area contributed by atoms with Crippen molar-refractivity contribution in [2.45, 2.75) is 25.1 Å². The molecule has 0 fully saturated rings. The number of hydrogen-bond acceptors (Lipinski definition) is 1. The van der Waals surface area contributed by atoms with E-state index in [1.54, 1.807) is 0 Å². The topological polar surface area (TPSA) is 29.1 Å². The minimum atomic E-state index is 0.0639. The zero-order valence-corrected chi connectivity index (χ0v) is 14.1. The summed E-state index contributed by atoms with van der Waals surface area (Å²) in [7, 11) is 0. The molecule has 0 aliphatic rings. The van der Waals surface area contributed by atoms with Gasteiger partial charge in [-0.2, -0.15) is 0 Å². The normalized spacial score (nSPS) is 10.3. The first kappa shape index (κ1) is 15.8. The van der Waals surface area contributed by atoms with Gasteiger partial charge in [0.2, 0.25) is 0 Å². The monoisotopic (exact) mass is 347 g/mol. The molecular weight excluding hydrogens is 325 g/mol. The van der Waals surface area contributed by atoms with Crippen molar-refractivity contribution in [3.63, 3.8) is 0 Å². The Kier molecular flexibility index (Phi) is 6.52. The molecule has 0 atom stereocenters. The zero-order chi connectivity index (χ0) is 14.9. The van der Waals surface area contributed by atoms with E-state index in [1.807, 2.05) is 30.3 Å². The van der Waals surface area contributed by atoms with E-state index in [0.29, 0.717) is 15.0 Å². The molecule has 3 heteroatoms. The van der Waals surface area contributed by atoms with Crippen molar-refractivity contribution < 1.29 is 4.79 Å². The summed E-state index contributed by atoms with van der Waals surface area (Å²) < 4.78 is 1.17. The van der Waals surface area contributed by atoms with E-state index in [4.69, 9.17) is 0 Å². The van der Waals surface area contributed by atoms with Gasteiger partial charge in [0.05, 0.1) is 0 Å². The first-order chi connectivity index (χ1) is 10.3. The van der Waals surface area contributed by atoms with Crippen molar-refractivity contribution in [1.29, 1.82) is 0 Å². The summed E-state index contributed by atoms with van der Waals surface area (Å²) in [4.78, 5) is 12.2. The van der Waals surface area contributed by atoms with Crippen LogP contribution >= 0.6 is 0 Å². The van der Waals surface area contributed by atoms with Crippen molar-refractivity contribution >= 4 is 25.3 Å². The van der Waals surface area contributed by atoms with E-state index >= 15 is 0 Å². The Morgan fingerprint density at radius 1 is 1.00 bits per heavy atom. The number of nitrogens with one attached hydrogen (secondary N) is 1. The SMILES string of the molecule is C[Se]c1ccccc1C(=O)NCCCCc1ccccc1. The fraction of sp³-hybridized carbons (Fsp3) is 0.278. The Morgan fingerprint density at radius 3 is 2.48 bits per heavy atom. The van der Waals surface area contributed by atoms with Gasteiger partial charge in [0.1, 0.15) is 0 Å². The van der Waals surface area contributed by atoms with Crippen molar-refractivity contribution in [3.05, 3.63) is 65.7 Å². The van der Waals surface area contributed by atoms with Gasteiger partial charge in [0, 0.05) is 0 Å². The number of unbranched alkanes of at least 4 members (excludes halogenated alkanes) is 1. The summed E-state index contributed by atoms with van der Waals surface area (Å²) in [5.74, 6) is 2.20. The number of amides is 1. The van der Waals surface area contributed by atoms with Gasteiger partial charge in [0.15, 0.2) is 0 Å². The number of aryl methyl sites for hydroxylation is 1. The molecule has 0 aromatic heterocycles. The molecule has 0 bridgehead atoms. The second kappa shape index (κ2) is 8.66. The number of carbonyl (C=O) groups is 1. The number of hydrogen-bond donors (Lipinski definition) is 1. The third-order valence-corrected chi connectivity index (χ3v) is 5.04. The molecule has 0 aliphatic heterocycles. The van der Waals surface area contributed by atoms with E-state index < -0.39 is 0 Å². The van der Waals surface area contributed by atoms with Gasteiger partial charge in [-0.25, -0.2) is 0 Å². The van der Waals surface area contributed by atoms with Gasteiger partial charge in [-0.15, -0.1) is 0 Å². The summed E-state index contributed by atoms with van der Waals surface area (Å²) in [6.45, 7) is 0.747. The van der Waals surface area contributed by atoms with Crippen LogP contribution in [-0.2, 0) is 6.42 Å². The molecule has 0 unspecified atom stereocenters. The third kappa shape index (κ3) is 5.04. The van der Waals surface area contributed by atoms with Crippen molar-refractivity contribution in [3.8, 4) is 0 Å². The van der Waals surface area contributed by atoms with Crippen LogP contribution in [0, 0.1) is 0 Å². The molecule has 21 heavy (non-hydrogen) atoms. The first-order valence-corrected chi connectivity index (χ1v) is 9.83. The van der Waals surface area contributed by atoms with Crippen LogP contribution in [0.3, 0.4) is 0 Å². The minimum absolute atomic E-state index is 0.0639. The quantitative estimate of drug-likeness (QED) is 0.606. The Labute approximate surface area is 133 Å². The van der Waals surface area contributed by atoms with Crippen molar-refractivity contribution in [1.82, 2.24) is 5.32 Å². The average molecular weight is 346 g/mol. The van der Waals surface area contributed by atoms with Gasteiger partial charge >= 0.3 is 133 Å². The van der Waals surface area contributed by atoms with Crippen LogP contribution in [0.15, 0.2) is 54.6 Å². The van der Waals surface area contributed by atoms with Crippen LogP contribution in [0.25, 0.3) is 0 Å². The van der Waals surface area contributed by atoms with Gasteiger partial charge < -0.3 is 0 Å². The predicted octanol–water partition coefficient (Wildman–Crippen LogP) is 2.82. The molecule has 0 radical (unpaired) electrons. The van der Waals surface area contributed by atoms with Crippen LogP contribution in [0.4, 0.5) is 0 Å². The fourth-order valence-corrected chi connectivity index (χ4v) is 3.48. The van der Waals surface area contributed by atoms with Crippen LogP contribution in [0.5, 0.6) is 0 Å². The van der Waals surface area contributed by atoms with Crippen LogP contribution in [-0.4, -0.2) is 27.4 Å². The molecule has 110 valence electrons. The van der Waals surface area contributed by atoms with E-state index in [1.165, 1.54) is 10.0 Å². The predicted molar refractivity (Wildman–Crippen MR) is 89.4 cm³/mol. The second-order valence-electron chi connectivity index (χ2n) is 4.90. The number of rotatable bonds is 7. The summed E-state index contributed by atoms with van der Waals surface area (Å²) >= 11 is 0.348. The van der Waals surface area contributed by atoms with Gasteiger partial charge in [0.25, 0.3) is 0 Å².